The van der Waals surface area contributed by atoms with E-state index in [1.165, 1.54) is 31.2 Å². The first-order valence-electron chi connectivity index (χ1n) is 9.92. The first kappa shape index (κ1) is 24.3. The van der Waals surface area contributed by atoms with E-state index in [0.29, 0.717) is 18.5 Å². The Morgan fingerprint density at radius 2 is 1.87 bits per heavy atom. The summed E-state index contributed by atoms with van der Waals surface area (Å²) < 4.78 is 35.8. The number of dihydropyridines is 1. The second kappa shape index (κ2) is 11.4. The summed E-state index contributed by atoms with van der Waals surface area (Å²) in [6, 6.07) is 5.68. The van der Waals surface area contributed by atoms with Crippen LogP contribution >= 0.6 is 0 Å². The van der Waals surface area contributed by atoms with Gasteiger partial charge in [0.15, 0.2) is 0 Å². The molecule has 1 heterocycles. The van der Waals surface area contributed by atoms with Crippen LogP contribution in [0.25, 0.3) is 0 Å². The number of nitrogens with one attached hydrogen (secondary N) is 1. The summed E-state index contributed by atoms with van der Waals surface area (Å²) in [6.45, 7) is 0.107. The third kappa shape index (κ3) is 6.24. The summed E-state index contributed by atoms with van der Waals surface area (Å²) in [4.78, 5) is 24.1. The van der Waals surface area contributed by atoms with E-state index in [2.05, 4.69) is 10.1 Å². The largest absolute Gasteiger partial charge is 0.462 e. The van der Waals surface area contributed by atoms with Gasteiger partial charge in [-0.05, 0) is 39.2 Å². The molecule has 10 heteroatoms. The van der Waals surface area contributed by atoms with Crippen molar-refractivity contribution in [3.8, 4) is 5.75 Å². The highest BCUT2D eigenvalue weighted by Crippen LogP contribution is 2.42. The SMILES string of the molecule is CC1=C(C(=O)OCCCCCCO)C(c2ccccc2OC(F)F)C([N+](=O)[O-])=C(C)N1. The number of hydrogen-bond acceptors (Lipinski definition) is 7. The molecule has 1 unspecified atom stereocenters. The summed E-state index contributed by atoms with van der Waals surface area (Å²) in [7, 11) is 0. The number of rotatable bonds is 11. The van der Waals surface area contributed by atoms with Crippen molar-refractivity contribution < 1.29 is 33.1 Å². The number of alkyl halides is 2. The number of unbranched alkanes of at least 4 members (excludes halogenated alkanes) is 3. The zero-order valence-corrected chi connectivity index (χ0v) is 17.4. The number of hydrogen-bond donors (Lipinski definition) is 2. The van der Waals surface area contributed by atoms with Crippen molar-refractivity contribution in [1.29, 1.82) is 0 Å². The third-order valence-electron chi connectivity index (χ3n) is 4.87. The van der Waals surface area contributed by atoms with Crippen LogP contribution in [0.3, 0.4) is 0 Å². The average molecular weight is 440 g/mol. The standard InChI is InChI=1S/C21H26F2N2O6/c1-13-17(20(27)30-12-8-4-3-7-11-26)18(19(25(28)29)14(2)24-13)15-9-5-6-10-16(15)31-21(22)23/h5-6,9-10,18,21,24,26H,3-4,7-8,11-12H2,1-2H3. The van der Waals surface area contributed by atoms with Crippen LogP contribution in [0.4, 0.5) is 8.78 Å². The lowest BCUT2D eigenvalue weighted by Crippen LogP contribution is -2.32. The number of nitro groups is 1. The Kier molecular flexibility index (Phi) is 8.92. The molecule has 0 aliphatic carbocycles. The number of aliphatic hydroxyl groups is 1. The molecule has 1 atom stereocenters. The Morgan fingerprint density at radius 1 is 1.19 bits per heavy atom. The van der Waals surface area contributed by atoms with Crippen molar-refractivity contribution in [2.75, 3.05) is 13.2 Å². The Morgan fingerprint density at radius 3 is 2.52 bits per heavy atom. The quantitative estimate of drug-likeness (QED) is 0.233. The molecular formula is C21H26F2N2O6. The molecule has 0 spiro atoms. The minimum atomic E-state index is -3.13. The van der Waals surface area contributed by atoms with Crippen LogP contribution in [0, 0.1) is 10.1 Å². The van der Waals surface area contributed by atoms with Gasteiger partial charge < -0.3 is 19.9 Å². The van der Waals surface area contributed by atoms with E-state index in [1.807, 2.05) is 0 Å². The maximum atomic E-state index is 12.9. The number of benzene rings is 1. The molecule has 1 aromatic rings. The molecule has 1 aromatic carbocycles. The lowest BCUT2D eigenvalue weighted by Gasteiger charge is -2.27. The van der Waals surface area contributed by atoms with Gasteiger partial charge in [0, 0.05) is 17.9 Å². The maximum Gasteiger partial charge on any atom is 0.387 e. The molecular weight excluding hydrogens is 414 g/mol. The van der Waals surface area contributed by atoms with Crippen LogP contribution in [-0.2, 0) is 9.53 Å². The number of aliphatic hydroxyl groups excluding tert-OH is 1. The normalized spacial score (nSPS) is 16.4. The van der Waals surface area contributed by atoms with Crippen LogP contribution in [0.2, 0.25) is 0 Å². The third-order valence-corrected chi connectivity index (χ3v) is 4.87. The summed E-state index contributed by atoms with van der Waals surface area (Å²) in [6.07, 6.45) is 2.75. The van der Waals surface area contributed by atoms with Gasteiger partial charge >= 0.3 is 12.6 Å². The number of allylic oxidation sites excluding steroid dienone is 3. The fourth-order valence-corrected chi connectivity index (χ4v) is 3.53. The smallest absolute Gasteiger partial charge is 0.387 e. The number of nitrogens with zero attached hydrogens (tertiary/aromatic N) is 1. The lowest BCUT2D eigenvalue weighted by atomic mass is 9.83. The first-order chi connectivity index (χ1) is 14.8. The topological polar surface area (TPSA) is 111 Å². The van der Waals surface area contributed by atoms with Crippen LogP contribution < -0.4 is 10.1 Å². The van der Waals surface area contributed by atoms with Gasteiger partial charge in [-0.25, -0.2) is 4.79 Å². The Balaban J connectivity index is 2.38. The van der Waals surface area contributed by atoms with Gasteiger partial charge in [-0.2, -0.15) is 8.78 Å². The van der Waals surface area contributed by atoms with Gasteiger partial charge in [-0.1, -0.05) is 24.6 Å². The van der Waals surface area contributed by atoms with Crippen molar-refractivity contribution in [3.63, 3.8) is 0 Å². The summed E-state index contributed by atoms with van der Waals surface area (Å²) in [5, 5.41) is 23.5. The summed E-state index contributed by atoms with van der Waals surface area (Å²) >= 11 is 0. The minimum absolute atomic E-state index is 0.0297. The van der Waals surface area contributed by atoms with Crippen LogP contribution in [0.5, 0.6) is 5.75 Å². The van der Waals surface area contributed by atoms with Crippen molar-refractivity contribution in [2.24, 2.45) is 0 Å². The fourth-order valence-electron chi connectivity index (χ4n) is 3.53. The molecule has 0 saturated carbocycles. The van der Waals surface area contributed by atoms with E-state index < -0.39 is 23.4 Å². The van der Waals surface area contributed by atoms with Crippen molar-refractivity contribution in [1.82, 2.24) is 5.32 Å². The van der Waals surface area contributed by atoms with E-state index in [9.17, 15) is 23.7 Å². The van der Waals surface area contributed by atoms with E-state index in [1.54, 1.807) is 6.92 Å². The number of halogens is 2. The van der Waals surface area contributed by atoms with Crippen molar-refractivity contribution in [2.45, 2.75) is 52.1 Å². The predicted octanol–water partition coefficient (Wildman–Crippen LogP) is 3.85. The number of para-hydroxylation sites is 1. The van der Waals surface area contributed by atoms with Crippen molar-refractivity contribution >= 4 is 5.97 Å². The highest BCUT2D eigenvalue weighted by atomic mass is 19.3. The summed E-state index contributed by atoms with van der Waals surface area (Å²) in [5.74, 6) is -2.26. The van der Waals surface area contributed by atoms with E-state index in [-0.39, 0.29) is 41.5 Å². The van der Waals surface area contributed by atoms with Gasteiger partial charge in [0.25, 0.3) is 5.70 Å². The Bertz CT molecular complexity index is 869. The molecule has 170 valence electrons. The molecule has 0 aromatic heterocycles. The number of esters is 1. The highest BCUT2D eigenvalue weighted by molar-refractivity contribution is 5.92. The van der Waals surface area contributed by atoms with Crippen LogP contribution in [0.15, 0.2) is 46.9 Å². The van der Waals surface area contributed by atoms with E-state index in [0.717, 1.165) is 12.8 Å². The molecule has 8 nitrogen and oxygen atoms in total. The molecule has 0 saturated heterocycles. The van der Waals surface area contributed by atoms with E-state index in [4.69, 9.17) is 9.84 Å². The molecule has 0 fully saturated rings. The first-order valence-corrected chi connectivity index (χ1v) is 9.92. The fraction of sp³-hybridized carbons (Fsp3) is 0.476. The van der Waals surface area contributed by atoms with E-state index >= 15 is 0 Å². The van der Waals surface area contributed by atoms with Gasteiger partial charge in [0.1, 0.15) is 11.7 Å². The van der Waals surface area contributed by atoms with Crippen LogP contribution in [-0.4, -0.2) is 35.8 Å². The van der Waals surface area contributed by atoms with Crippen molar-refractivity contribution in [3.05, 3.63) is 62.6 Å². The zero-order chi connectivity index (χ0) is 23.0. The van der Waals surface area contributed by atoms with Gasteiger partial charge in [-0.3, -0.25) is 10.1 Å². The second-order valence-corrected chi connectivity index (χ2v) is 7.05. The molecule has 2 N–H and O–H groups in total. The number of ether oxygens (including phenoxy) is 2. The molecule has 1 aliphatic heterocycles. The summed E-state index contributed by atoms with van der Waals surface area (Å²) in [5.41, 5.74) is 0.235. The second-order valence-electron chi connectivity index (χ2n) is 7.05. The minimum Gasteiger partial charge on any atom is -0.462 e. The molecule has 31 heavy (non-hydrogen) atoms. The molecule has 0 bridgehead atoms. The van der Waals surface area contributed by atoms with Gasteiger partial charge in [0.2, 0.25) is 0 Å². The maximum absolute atomic E-state index is 12.9. The van der Waals surface area contributed by atoms with Gasteiger partial charge in [0.05, 0.1) is 22.8 Å². The van der Waals surface area contributed by atoms with Crippen LogP contribution in [0.1, 0.15) is 51.0 Å². The Labute approximate surface area is 178 Å². The molecule has 0 amide bonds. The highest BCUT2D eigenvalue weighted by Gasteiger charge is 2.42. The Hall–Kier alpha value is -3.01. The zero-order valence-electron chi connectivity index (χ0n) is 17.4. The molecule has 0 radical (unpaired) electrons. The number of carbonyl (C=O) groups is 1. The average Bonchev–Trinajstić information content (AvgIpc) is 2.69. The number of carbonyl (C=O) groups excluding carboxylic acids is 1. The molecule has 1 aliphatic rings. The monoisotopic (exact) mass is 440 g/mol. The predicted molar refractivity (Wildman–Crippen MR) is 108 cm³/mol. The molecule has 2 rings (SSSR count). The van der Waals surface area contributed by atoms with Gasteiger partial charge in [-0.15, -0.1) is 0 Å². The lowest BCUT2D eigenvalue weighted by molar-refractivity contribution is -0.431.